The van der Waals surface area contributed by atoms with E-state index in [9.17, 15) is 14.9 Å². The number of aryl methyl sites for hydroxylation is 1. The van der Waals surface area contributed by atoms with Crippen molar-refractivity contribution >= 4 is 22.8 Å². The molecular formula is C22H23N3O3. The summed E-state index contributed by atoms with van der Waals surface area (Å²) in [6, 6.07) is 9.70. The first-order valence-electron chi connectivity index (χ1n) is 9.82. The predicted octanol–water partition coefficient (Wildman–Crippen LogP) is 3.08. The standard InChI is InChI=1S/C22H23N3O3/c1-22(13-23,14-10-11-14)25-19(26)12-28-21(27)20-15-6-2-4-8-17(15)24-18-9-5-3-7-16(18)20/h2,4,6,8,14H,3,5,7,9-12H2,1H3,(H,25,26)/t22-/m0/s1. The predicted molar refractivity (Wildman–Crippen MR) is 104 cm³/mol. The third-order valence-corrected chi connectivity index (χ3v) is 5.73. The van der Waals surface area contributed by atoms with E-state index >= 15 is 0 Å². The van der Waals surface area contributed by atoms with E-state index in [-0.39, 0.29) is 5.92 Å². The molecule has 1 aromatic carbocycles. The van der Waals surface area contributed by atoms with Crippen LogP contribution in [0.15, 0.2) is 24.3 Å². The summed E-state index contributed by atoms with van der Waals surface area (Å²) in [6.45, 7) is 1.32. The number of aromatic nitrogens is 1. The number of hydrogen-bond donors (Lipinski definition) is 1. The van der Waals surface area contributed by atoms with Crippen molar-refractivity contribution < 1.29 is 14.3 Å². The number of amides is 1. The second-order valence-electron chi connectivity index (χ2n) is 7.85. The molecule has 144 valence electrons. The zero-order valence-electron chi connectivity index (χ0n) is 16.0. The molecule has 0 aliphatic heterocycles. The van der Waals surface area contributed by atoms with Crippen molar-refractivity contribution in [3.63, 3.8) is 0 Å². The van der Waals surface area contributed by atoms with E-state index in [4.69, 9.17) is 9.72 Å². The number of nitrogens with one attached hydrogen (secondary N) is 1. The Balaban J connectivity index is 1.54. The maximum absolute atomic E-state index is 12.9. The summed E-state index contributed by atoms with van der Waals surface area (Å²) in [6.07, 6.45) is 5.57. The molecule has 1 amide bonds. The van der Waals surface area contributed by atoms with E-state index in [0.717, 1.165) is 60.7 Å². The van der Waals surface area contributed by atoms with E-state index in [1.807, 2.05) is 24.3 Å². The zero-order chi connectivity index (χ0) is 19.7. The number of hydrogen-bond acceptors (Lipinski definition) is 5. The van der Waals surface area contributed by atoms with Crippen molar-refractivity contribution in [3.05, 3.63) is 41.1 Å². The van der Waals surface area contributed by atoms with Crippen molar-refractivity contribution in [3.8, 4) is 6.07 Å². The largest absolute Gasteiger partial charge is 0.452 e. The van der Waals surface area contributed by atoms with Gasteiger partial charge in [0.25, 0.3) is 5.91 Å². The lowest BCUT2D eigenvalue weighted by atomic mass is 9.90. The number of carbonyl (C=O) groups is 2. The van der Waals surface area contributed by atoms with E-state index in [1.54, 1.807) is 6.92 Å². The molecule has 6 heteroatoms. The highest BCUT2D eigenvalue weighted by Gasteiger charge is 2.43. The third-order valence-electron chi connectivity index (χ3n) is 5.73. The van der Waals surface area contributed by atoms with Gasteiger partial charge in [0, 0.05) is 11.1 Å². The van der Waals surface area contributed by atoms with Crippen LogP contribution in [0, 0.1) is 17.2 Å². The van der Waals surface area contributed by atoms with Crippen LogP contribution in [-0.2, 0) is 22.4 Å². The first-order valence-corrected chi connectivity index (χ1v) is 9.82. The lowest BCUT2D eigenvalue weighted by Gasteiger charge is -2.23. The van der Waals surface area contributed by atoms with Crippen molar-refractivity contribution in [2.75, 3.05) is 6.61 Å². The lowest BCUT2D eigenvalue weighted by Crippen LogP contribution is -2.48. The number of nitriles is 1. The third kappa shape index (κ3) is 3.45. The summed E-state index contributed by atoms with van der Waals surface area (Å²) in [5.41, 5.74) is 2.29. The highest BCUT2D eigenvalue weighted by atomic mass is 16.5. The van der Waals surface area contributed by atoms with E-state index in [1.165, 1.54) is 0 Å². The van der Waals surface area contributed by atoms with Crippen LogP contribution >= 0.6 is 0 Å². The summed E-state index contributed by atoms with van der Waals surface area (Å²) in [4.78, 5) is 29.9. The second-order valence-corrected chi connectivity index (χ2v) is 7.85. The van der Waals surface area contributed by atoms with E-state index in [2.05, 4.69) is 11.4 Å². The van der Waals surface area contributed by atoms with Gasteiger partial charge in [0.15, 0.2) is 6.61 Å². The molecule has 2 aromatic rings. The molecule has 1 aromatic heterocycles. The van der Waals surface area contributed by atoms with Gasteiger partial charge >= 0.3 is 5.97 Å². The Morgan fingerprint density at radius 3 is 2.79 bits per heavy atom. The van der Waals surface area contributed by atoms with Crippen molar-refractivity contribution in [1.82, 2.24) is 10.3 Å². The van der Waals surface area contributed by atoms with Crippen LogP contribution in [0.1, 0.15) is 54.2 Å². The Bertz CT molecular complexity index is 990. The molecule has 28 heavy (non-hydrogen) atoms. The smallest absolute Gasteiger partial charge is 0.339 e. The molecule has 0 radical (unpaired) electrons. The van der Waals surface area contributed by atoms with Gasteiger partial charge in [0.1, 0.15) is 5.54 Å². The number of ether oxygens (including phenoxy) is 1. The van der Waals surface area contributed by atoms with Crippen LogP contribution in [0.25, 0.3) is 10.9 Å². The molecule has 0 spiro atoms. The number of esters is 1. The molecule has 0 unspecified atom stereocenters. The summed E-state index contributed by atoms with van der Waals surface area (Å²) < 4.78 is 5.37. The van der Waals surface area contributed by atoms with Gasteiger partial charge in [-0.15, -0.1) is 0 Å². The highest BCUT2D eigenvalue weighted by molar-refractivity contribution is 6.05. The molecule has 2 aliphatic carbocycles. The molecule has 2 aliphatic rings. The average molecular weight is 377 g/mol. The van der Waals surface area contributed by atoms with Crippen LogP contribution in [0.4, 0.5) is 0 Å². The van der Waals surface area contributed by atoms with Gasteiger partial charge in [-0.1, -0.05) is 18.2 Å². The van der Waals surface area contributed by atoms with Crippen LogP contribution in [0.2, 0.25) is 0 Å². The first kappa shape index (κ1) is 18.4. The fourth-order valence-corrected chi connectivity index (χ4v) is 4.02. The zero-order valence-corrected chi connectivity index (χ0v) is 16.0. The molecule has 1 atom stereocenters. The molecule has 1 N–H and O–H groups in total. The fraction of sp³-hybridized carbons (Fsp3) is 0.455. The minimum atomic E-state index is -0.897. The maximum atomic E-state index is 12.9. The number of para-hydroxylation sites is 1. The Morgan fingerprint density at radius 2 is 2.04 bits per heavy atom. The fourth-order valence-electron chi connectivity index (χ4n) is 4.02. The maximum Gasteiger partial charge on any atom is 0.339 e. The number of rotatable bonds is 5. The Labute approximate surface area is 163 Å². The minimum Gasteiger partial charge on any atom is -0.452 e. The van der Waals surface area contributed by atoms with Crippen molar-refractivity contribution in [1.29, 1.82) is 5.26 Å². The topological polar surface area (TPSA) is 92.1 Å². The van der Waals surface area contributed by atoms with Crippen molar-refractivity contribution in [2.45, 2.75) is 51.0 Å². The number of benzene rings is 1. The molecule has 0 bridgehead atoms. The Morgan fingerprint density at radius 1 is 1.29 bits per heavy atom. The normalized spacial score (nSPS) is 17.9. The summed E-state index contributed by atoms with van der Waals surface area (Å²) >= 11 is 0. The summed E-state index contributed by atoms with van der Waals surface area (Å²) in [5.74, 6) is -0.776. The average Bonchev–Trinajstić information content (AvgIpc) is 3.56. The van der Waals surface area contributed by atoms with Gasteiger partial charge in [-0.3, -0.25) is 9.78 Å². The molecule has 6 nitrogen and oxygen atoms in total. The van der Waals surface area contributed by atoms with Gasteiger partial charge in [-0.2, -0.15) is 5.26 Å². The quantitative estimate of drug-likeness (QED) is 0.809. The Hall–Kier alpha value is -2.94. The Kier molecular flexibility index (Phi) is 4.76. The lowest BCUT2D eigenvalue weighted by molar-refractivity contribution is -0.125. The van der Waals surface area contributed by atoms with Gasteiger partial charge < -0.3 is 10.1 Å². The highest BCUT2D eigenvalue weighted by Crippen LogP contribution is 2.39. The minimum absolute atomic E-state index is 0.174. The van der Waals surface area contributed by atoms with Gasteiger partial charge in [-0.05, 0) is 63.0 Å². The molecule has 4 rings (SSSR count). The van der Waals surface area contributed by atoms with Crippen LogP contribution in [0.5, 0.6) is 0 Å². The van der Waals surface area contributed by atoms with E-state index < -0.39 is 24.0 Å². The second kappa shape index (κ2) is 7.23. The molecule has 1 heterocycles. The summed E-state index contributed by atoms with van der Waals surface area (Å²) in [7, 11) is 0. The number of fused-ring (bicyclic) bond motifs is 2. The SMILES string of the molecule is C[C@@](C#N)(NC(=O)COC(=O)c1c2c(nc3ccccc13)CCCC2)C1CC1. The van der Waals surface area contributed by atoms with Crippen LogP contribution in [-0.4, -0.2) is 29.0 Å². The molecule has 0 saturated heterocycles. The number of pyridine rings is 1. The van der Waals surface area contributed by atoms with Crippen LogP contribution in [0.3, 0.4) is 0 Å². The number of nitrogens with zero attached hydrogens (tertiary/aromatic N) is 2. The summed E-state index contributed by atoms with van der Waals surface area (Å²) in [5, 5.41) is 12.9. The molecular weight excluding hydrogens is 354 g/mol. The van der Waals surface area contributed by atoms with Gasteiger partial charge in [-0.25, -0.2) is 4.79 Å². The van der Waals surface area contributed by atoms with Gasteiger partial charge in [0.2, 0.25) is 0 Å². The number of carbonyl (C=O) groups excluding carboxylic acids is 2. The molecule has 1 fully saturated rings. The van der Waals surface area contributed by atoms with Gasteiger partial charge in [0.05, 0.1) is 17.1 Å². The monoisotopic (exact) mass is 377 g/mol. The molecule has 1 saturated carbocycles. The van der Waals surface area contributed by atoms with E-state index in [0.29, 0.717) is 5.56 Å². The van der Waals surface area contributed by atoms with Crippen molar-refractivity contribution in [2.24, 2.45) is 5.92 Å². The first-order chi connectivity index (χ1) is 13.5. The van der Waals surface area contributed by atoms with Crippen LogP contribution < -0.4 is 5.32 Å².